The van der Waals surface area contributed by atoms with E-state index in [1.165, 1.54) is 102 Å². The van der Waals surface area contributed by atoms with Crippen LogP contribution >= 0.6 is 0 Å². The third-order valence-electron chi connectivity index (χ3n) is 16.0. The van der Waals surface area contributed by atoms with Crippen LogP contribution < -0.4 is 26.4 Å². The van der Waals surface area contributed by atoms with E-state index in [2.05, 4.69) is 208 Å². The largest absolute Gasteiger partial charge is 0.468 e. The Balaban J connectivity index is 1.23. The molecule has 1 aromatic heterocycles. The van der Waals surface area contributed by atoms with Gasteiger partial charge in [-0.15, -0.1) is 0 Å². The molecule has 0 saturated heterocycles. The van der Waals surface area contributed by atoms with Crippen molar-refractivity contribution in [1.29, 1.82) is 0 Å². The molecule has 0 fully saturated rings. The zero-order valence-corrected chi connectivity index (χ0v) is 39.7. The van der Waals surface area contributed by atoms with Crippen molar-refractivity contribution >= 4 is 68.4 Å². The summed E-state index contributed by atoms with van der Waals surface area (Å²) in [6.45, 7) is 28.7. The third kappa shape index (κ3) is 6.06. The average Bonchev–Trinajstić information content (AvgIpc) is 3.61. The number of nitrogens with zero attached hydrogens (tertiary/aromatic N) is 2. The van der Waals surface area contributed by atoms with Crippen molar-refractivity contribution in [3.63, 3.8) is 0 Å². The molecule has 2 aliphatic heterocycles. The molecule has 0 saturated carbocycles. The van der Waals surface area contributed by atoms with Gasteiger partial charge in [-0.2, -0.15) is 0 Å². The van der Waals surface area contributed by atoms with Crippen LogP contribution in [0.25, 0.3) is 22.1 Å². The minimum Gasteiger partial charge on any atom is -0.468 e. The van der Waals surface area contributed by atoms with Crippen molar-refractivity contribution in [1.82, 2.24) is 0 Å². The van der Waals surface area contributed by atoms with Crippen LogP contribution in [0.3, 0.4) is 0 Å². The van der Waals surface area contributed by atoms with Crippen LogP contribution in [0.2, 0.25) is 0 Å². The summed E-state index contributed by atoms with van der Waals surface area (Å²) < 4.78 is 7.56. The van der Waals surface area contributed by atoms with Crippen LogP contribution in [0.15, 0.2) is 120 Å². The minimum atomic E-state index is -0.0996. The second kappa shape index (κ2) is 13.3. The van der Waals surface area contributed by atoms with Gasteiger partial charge in [-0.25, -0.2) is 0 Å². The van der Waals surface area contributed by atoms with Crippen LogP contribution in [0.4, 0.5) is 34.1 Å². The number of aryl methyl sites for hydroxylation is 1. The summed E-state index contributed by atoms with van der Waals surface area (Å²) in [5.41, 5.74) is 23.0. The SMILES string of the molecule is Cc1cc2c3c(c1)N(c1ccc4c(c1)C(C)(C)CCC4(C)C)c1c(oc4cc5c(cc14)C(C)(C)CCC5(C)C)B3c1cc(C(C)(C)C)ccc1N2c1ccc(-c2ccccc2)cc1. The van der Waals surface area contributed by atoms with Gasteiger partial charge >= 0.3 is 0 Å². The van der Waals surface area contributed by atoms with E-state index in [-0.39, 0.29) is 33.8 Å². The molecule has 0 bridgehead atoms. The Morgan fingerprint density at radius 2 is 1.08 bits per heavy atom. The quantitative estimate of drug-likeness (QED) is 0.165. The Kier molecular flexibility index (Phi) is 8.50. The van der Waals surface area contributed by atoms with Gasteiger partial charge in [0.15, 0.2) is 0 Å². The van der Waals surface area contributed by atoms with Crippen LogP contribution in [-0.2, 0) is 27.1 Å². The predicted molar refractivity (Wildman–Crippen MR) is 270 cm³/mol. The maximum atomic E-state index is 7.56. The molecule has 0 radical (unpaired) electrons. The molecule has 63 heavy (non-hydrogen) atoms. The maximum Gasteiger partial charge on any atom is 0.297 e. The van der Waals surface area contributed by atoms with Gasteiger partial charge in [0.25, 0.3) is 6.71 Å². The fourth-order valence-electron chi connectivity index (χ4n) is 11.8. The van der Waals surface area contributed by atoms with E-state index in [4.69, 9.17) is 4.42 Å². The third-order valence-corrected chi connectivity index (χ3v) is 16.0. The zero-order chi connectivity index (χ0) is 44.2. The lowest BCUT2D eigenvalue weighted by Gasteiger charge is -2.45. The number of hydrogen-bond donors (Lipinski definition) is 0. The fourth-order valence-corrected chi connectivity index (χ4v) is 11.8. The molecule has 3 nitrogen and oxygen atoms in total. The van der Waals surface area contributed by atoms with Crippen molar-refractivity contribution in [3.8, 4) is 11.1 Å². The number of rotatable bonds is 3. The Labute approximate surface area is 376 Å². The number of fused-ring (bicyclic) bond motifs is 8. The van der Waals surface area contributed by atoms with E-state index in [1.807, 2.05) is 0 Å². The van der Waals surface area contributed by atoms with Gasteiger partial charge in [0.1, 0.15) is 5.58 Å². The van der Waals surface area contributed by atoms with E-state index in [0.717, 1.165) is 29.8 Å². The van der Waals surface area contributed by atoms with Gasteiger partial charge in [0.05, 0.1) is 11.3 Å². The van der Waals surface area contributed by atoms with Crippen molar-refractivity contribution in [3.05, 3.63) is 149 Å². The highest BCUT2D eigenvalue weighted by atomic mass is 16.3. The lowest BCUT2D eigenvalue weighted by atomic mass is 9.35. The monoisotopic (exact) mass is 827 g/mol. The van der Waals surface area contributed by atoms with Crippen LogP contribution in [-0.4, -0.2) is 6.71 Å². The van der Waals surface area contributed by atoms with Gasteiger partial charge in [0.2, 0.25) is 0 Å². The molecular formula is C59H63BN2O. The van der Waals surface area contributed by atoms with E-state index < -0.39 is 0 Å². The second-order valence-electron chi connectivity index (χ2n) is 23.2. The molecule has 0 unspecified atom stereocenters. The molecule has 0 spiro atoms. The molecular weight excluding hydrogens is 763 g/mol. The maximum absolute atomic E-state index is 7.56. The lowest BCUT2D eigenvalue weighted by Crippen LogP contribution is -2.61. The van der Waals surface area contributed by atoms with Crippen LogP contribution in [0.5, 0.6) is 0 Å². The van der Waals surface area contributed by atoms with Gasteiger partial charge < -0.3 is 14.2 Å². The van der Waals surface area contributed by atoms with Crippen LogP contribution in [0.1, 0.15) is 135 Å². The summed E-state index contributed by atoms with van der Waals surface area (Å²) in [7, 11) is 0. The molecule has 4 heteroatoms. The first kappa shape index (κ1) is 40.3. The molecule has 4 aliphatic rings. The first-order valence-electron chi connectivity index (χ1n) is 23.5. The summed E-state index contributed by atoms with van der Waals surface area (Å²) in [5, 5.41) is 1.22. The van der Waals surface area contributed by atoms with E-state index in [9.17, 15) is 0 Å². The topological polar surface area (TPSA) is 19.6 Å². The van der Waals surface area contributed by atoms with Gasteiger partial charge in [-0.1, -0.05) is 137 Å². The highest BCUT2D eigenvalue weighted by Crippen LogP contribution is 2.53. The van der Waals surface area contributed by atoms with Crippen molar-refractivity contribution < 1.29 is 4.42 Å². The predicted octanol–water partition coefficient (Wildman–Crippen LogP) is 14.5. The first-order chi connectivity index (χ1) is 29.7. The van der Waals surface area contributed by atoms with E-state index >= 15 is 0 Å². The number of anilines is 6. The summed E-state index contributed by atoms with van der Waals surface area (Å²) >= 11 is 0. The molecule has 7 aromatic rings. The fraction of sp³-hybridized carbons (Fsp3) is 0.356. The Morgan fingerprint density at radius 3 is 1.71 bits per heavy atom. The number of benzene rings is 6. The van der Waals surface area contributed by atoms with Crippen molar-refractivity contribution in [2.24, 2.45) is 0 Å². The Morgan fingerprint density at radius 1 is 0.524 bits per heavy atom. The molecule has 0 amide bonds. The van der Waals surface area contributed by atoms with Gasteiger partial charge in [-0.05, 0) is 170 Å². The molecule has 11 rings (SSSR count). The van der Waals surface area contributed by atoms with E-state index in [0.29, 0.717) is 0 Å². The Hall–Kier alpha value is -5.48. The standard InChI is InChI=1S/C59H63BN2O/c1-36-30-49-52-50(31-36)62(41-23-24-43-44(33-41)57(7,8)27-26-56(43,5)6)53-42-34-45-46(59(11,12)29-28-58(45,9)10)35-51(42)63-54(53)60(52)47-32-39(55(2,3)4)20-25-48(47)61(49)40-21-18-38(19-22-40)37-16-14-13-15-17-37/h13-25,30-35H,26-29H2,1-12H3. The summed E-state index contributed by atoms with van der Waals surface area (Å²) in [4.78, 5) is 5.15. The molecule has 0 atom stereocenters. The van der Waals surface area contributed by atoms with Gasteiger partial charge in [-0.3, -0.25) is 0 Å². The summed E-state index contributed by atoms with van der Waals surface area (Å²) in [5.74, 6) is 0. The summed E-state index contributed by atoms with van der Waals surface area (Å²) in [6.07, 6.45) is 4.68. The molecule has 318 valence electrons. The number of furan rings is 1. The molecule has 2 aliphatic carbocycles. The normalized spacial score (nSPS) is 18.6. The van der Waals surface area contributed by atoms with Crippen LogP contribution in [0, 0.1) is 6.92 Å². The average molecular weight is 827 g/mol. The lowest BCUT2D eigenvalue weighted by molar-refractivity contribution is 0.332. The number of hydrogen-bond acceptors (Lipinski definition) is 3. The first-order valence-corrected chi connectivity index (χ1v) is 23.5. The zero-order valence-electron chi connectivity index (χ0n) is 39.7. The Bertz CT molecular complexity index is 3010. The minimum absolute atomic E-state index is 0.0368. The summed E-state index contributed by atoms with van der Waals surface area (Å²) in [6, 6.07) is 44.5. The van der Waals surface area contributed by atoms with Crippen molar-refractivity contribution in [2.45, 2.75) is 136 Å². The molecule has 0 N–H and O–H groups in total. The second-order valence-corrected chi connectivity index (χ2v) is 23.2. The van der Waals surface area contributed by atoms with E-state index in [1.54, 1.807) is 0 Å². The highest BCUT2D eigenvalue weighted by Gasteiger charge is 2.49. The van der Waals surface area contributed by atoms with Crippen molar-refractivity contribution in [2.75, 3.05) is 9.80 Å². The smallest absolute Gasteiger partial charge is 0.297 e. The highest BCUT2D eigenvalue weighted by molar-refractivity contribution is 7.00. The molecule has 6 aromatic carbocycles. The molecule has 3 heterocycles. The van der Waals surface area contributed by atoms with Gasteiger partial charge in [0, 0.05) is 33.8 Å².